The van der Waals surface area contributed by atoms with Crippen LogP contribution in [0.5, 0.6) is 11.5 Å². The Labute approximate surface area is 235 Å². The molecule has 4 aromatic rings. The number of hydrogen-bond donors (Lipinski definition) is 0. The quantitative estimate of drug-likeness (QED) is 0.197. The van der Waals surface area contributed by atoms with Gasteiger partial charge in [0.05, 0.1) is 13.2 Å². The summed E-state index contributed by atoms with van der Waals surface area (Å²) >= 11 is 0. The van der Waals surface area contributed by atoms with Crippen molar-refractivity contribution in [1.29, 1.82) is 0 Å². The monoisotopic (exact) mass is 524 g/mol. The van der Waals surface area contributed by atoms with Crippen molar-refractivity contribution in [3.8, 4) is 11.5 Å². The highest BCUT2D eigenvalue weighted by molar-refractivity contribution is 5.36. The smallest absolute Gasteiger partial charge is 0.119 e. The average Bonchev–Trinajstić information content (AvgIpc) is 3.00. The summed E-state index contributed by atoms with van der Waals surface area (Å²) in [6.07, 6.45) is 6.98. The van der Waals surface area contributed by atoms with Crippen molar-refractivity contribution in [2.75, 3.05) is 13.2 Å². The van der Waals surface area contributed by atoms with Crippen molar-refractivity contribution in [3.63, 3.8) is 0 Å². The highest BCUT2D eigenvalue weighted by Gasteiger charge is 2.10. The molecule has 2 atom stereocenters. The van der Waals surface area contributed by atoms with Crippen molar-refractivity contribution >= 4 is 0 Å². The van der Waals surface area contributed by atoms with Crippen LogP contribution in [0.3, 0.4) is 0 Å². The van der Waals surface area contributed by atoms with Crippen LogP contribution in [0.25, 0.3) is 0 Å². The van der Waals surface area contributed by atoms with E-state index in [2.05, 4.69) is 105 Å². The van der Waals surface area contributed by atoms with Crippen LogP contribution in [-0.2, 0) is 12.8 Å². The number of nitrogens with zero attached hydrogens (tertiary/aromatic N) is 2. The zero-order valence-corrected chi connectivity index (χ0v) is 24.5. The molecule has 0 radical (unpaired) electrons. The molecule has 0 saturated heterocycles. The lowest BCUT2D eigenvalue weighted by Crippen LogP contribution is -1.99. The lowest BCUT2D eigenvalue weighted by molar-refractivity contribution is 0.317. The third-order valence-electron chi connectivity index (χ3n) is 6.96. The minimum atomic E-state index is 0.355. The summed E-state index contributed by atoms with van der Waals surface area (Å²) in [6, 6.07) is 25.3. The predicted molar refractivity (Wildman–Crippen MR) is 162 cm³/mol. The summed E-state index contributed by atoms with van der Waals surface area (Å²) in [4.78, 5) is 8.94. The Morgan fingerprint density at radius 2 is 0.949 bits per heavy atom. The molecule has 0 bridgehead atoms. The zero-order valence-electron chi connectivity index (χ0n) is 24.5. The van der Waals surface area contributed by atoms with Crippen LogP contribution < -0.4 is 9.47 Å². The normalized spacial score (nSPS) is 12.2. The summed E-state index contributed by atoms with van der Waals surface area (Å²) < 4.78 is 11.1. The van der Waals surface area contributed by atoms with E-state index in [9.17, 15) is 0 Å². The Morgan fingerprint density at radius 3 is 1.28 bits per heavy atom. The largest absolute Gasteiger partial charge is 0.494 e. The molecule has 39 heavy (non-hydrogen) atoms. The maximum atomic E-state index is 5.61. The third kappa shape index (κ3) is 8.95. The number of benzene rings is 2. The molecule has 0 saturated carbocycles. The van der Waals surface area contributed by atoms with E-state index in [1.807, 2.05) is 31.5 Å². The van der Waals surface area contributed by atoms with E-state index < -0.39 is 0 Å². The van der Waals surface area contributed by atoms with Gasteiger partial charge in [0, 0.05) is 35.6 Å². The number of hydrogen-bond acceptors (Lipinski definition) is 4. The van der Waals surface area contributed by atoms with Gasteiger partial charge in [-0.15, -0.1) is 0 Å². The number of aromatic nitrogens is 2. The molecule has 0 amide bonds. The molecule has 0 aliphatic heterocycles. The number of pyridine rings is 2. The van der Waals surface area contributed by atoms with Crippen LogP contribution >= 0.6 is 0 Å². The molecule has 0 fully saturated rings. The molecule has 2 aromatic carbocycles. The fourth-order valence-electron chi connectivity index (χ4n) is 4.28. The van der Waals surface area contributed by atoms with Crippen LogP contribution in [0.2, 0.25) is 0 Å². The molecule has 0 aliphatic rings. The molecular formula is C35H44N2O2. The van der Waals surface area contributed by atoms with Crippen LogP contribution in [-0.4, -0.2) is 23.2 Å². The van der Waals surface area contributed by atoms with Gasteiger partial charge in [0.25, 0.3) is 0 Å². The molecule has 206 valence electrons. The van der Waals surface area contributed by atoms with E-state index in [1.165, 1.54) is 22.3 Å². The Kier molecular flexibility index (Phi) is 12.0. The van der Waals surface area contributed by atoms with Crippen molar-refractivity contribution in [2.45, 2.75) is 72.6 Å². The Hall–Kier alpha value is -3.66. The summed E-state index contributed by atoms with van der Waals surface area (Å²) in [7, 11) is 0. The highest BCUT2D eigenvalue weighted by Crippen LogP contribution is 2.26. The summed E-state index contributed by atoms with van der Waals surface area (Å²) in [6.45, 7) is 14.3. The molecule has 2 heterocycles. The van der Waals surface area contributed by atoms with Crippen LogP contribution in [0, 0.1) is 0 Å². The average molecular weight is 525 g/mol. The highest BCUT2D eigenvalue weighted by atomic mass is 16.5. The maximum Gasteiger partial charge on any atom is 0.119 e. The number of aryl methyl sites for hydroxylation is 2. The molecule has 4 nitrogen and oxygen atoms in total. The first kappa shape index (κ1) is 29.9. The third-order valence-corrected chi connectivity index (χ3v) is 6.96. The minimum absolute atomic E-state index is 0.355. The van der Waals surface area contributed by atoms with E-state index >= 15 is 0 Å². The molecule has 4 heteroatoms. The van der Waals surface area contributed by atoms with Crippen LogP contribution in [0.1, 0.15) is 93.4 Å². The molecular weight excluding hydrogens is 480 g/mol. The van der Waals surface area contributed by atoms with E-state index in [-0.39, 0.29) is 0 Å². The van der Waals surface area contributed by atoms with Gasteiger partial charge in [-0.3, -0.25) is 9.97 Å². The molecule has 0 N–H and O–H groups in total. The topological polar surface area (TPSA) is 44.2 Å². The predicted octanol–water partition coefficient (Wildman–Crippen LogP) is 8.78. The fourth-order valence-corrected chi connectivity index (χ4v) is 4.28. The SMILES string of the molecule is CCCOc1ccc(C(C)c2ccc(CC)nc2)cc1.CCOc1ccc(C(C)c2ccc(CC)nc2)cc1. The van der Waals surface area contributed by atoms with Gasteiger partial charge in [0.2, 0.25) is 0 Å². The van der Waals surface area contributed by atoms with E-state index in [1.54, 1.807) is 0 Å². The summed E-state index contributed by atoms with van der Waals surface area (Å²) in [5.74, 6) is 2.59. The lowest BCUT2D eigenvalue weighted by Gasteiger charge is -2.13. The lowest BCUT2D eigenvalue weighted by atomic mass is 9.94. The van der Waals surface area contributed by atoms with Gasteiger partial charge in [-0.1, -0.05) is 71.0 Å². The Bertz CT molecular complexity index is 1220. The Morgan fingerprint density at radius 1 is 0.538 bits per heavy atom. The second-order valence-electron chi connectivity index (χ2n) is 9.74. The van der Waals surface area contributed by atoms with E-state index in [4.69, 9.17) is 9.47 Å². The van der Waals surface area contributed by atoms with Crippen molar-refractivity contribution < 1.29 is 9.47 Å². The van der Waals surface area contributed by atoms with E-state index in [0.29, 0.717) is 18.4 Å². The first-order valence-corrected chi connectivity index (χ1v) is 14.3. The van der Waals surface area contributed by atoms with Gasteiger partial charge in [-0.05, 0) is 84.8 Å². The van der Waals surface area contributed by atoms with Gasteiger partial charge >= 0.3 is 0 Å². The van der Waals surface area contributed by atoms with E-state index in [0.717, 1.165) is 48.8 Å². The van der Waals surface area contributed by atoms with Crippen molar-refractivity contribution in [3.05, 3.63) is 119 Å². The second kappa shape index (κ2) is 15.7. The first-order valence-electron chi connectivity index (χ1n) is 14.3. The molecule has 4 rings (SSSR count). The van der Waals surface area contributed by atoms with Crippen molar-refractivity contribution in [1.82, 2.24) is 9.97 Å². The number of rotatable bonds is 11. The fraction of sp³-hybridized carbons (Fsp3) is 0.371. The summed E-state index contributed by atoms with van der Waals surface area (Å²) in [5, 5.41) is 0. The minimum Gasteiger partial charge on any atom is -0.494 e. The van der Waals surface area contributed by atoms with Gasteiger partial charge < -0.3 is 9.47 Å². The van der Waals surface area contributed by atoms with Crippen LogP contribution in [0.15, 0.2) is 85.2 Å². The zero-order chi connectivity index (χ0) is 28.0. The standard InChI is InChI=1S/C18H23NO.C17H21NO/c1-4-12-20-18-10-7-15(8-11-18)14(3)16-6-9-17(5-2)19-13-16;1-4-16-9-6-15(12-18-16)13(3)14-7-10-17(11-8-14)19-5-2/h6-11,13-14H,4-5,12H2,1-3H3;6-13H,4-5H2,1-3H3. The van der Waals surface area contributed by atoms with Crippen LogP contribution in [0.4, 0.5) is 0 Å². The molecule has 2 unspecified atom stereocenters. The van der Waals surface area contributed by atoms with Gasteiger partial charge in [-0.2, -0.15) is 0 Å². The maximum absolute atomic E-state index is 5.61. The molecule has 2 aromatic heterocycles. The van der Waals surface area contributed by atoms with Gasteiger partial charge in [0.15, 0.2) is 0 Å². The second-order valence-corrected chi connectivity index (χ2v) is 9.74. The van der Waals surface area contributed by atoms with Gasteiger partial charge in [0.1, 0.15) is 11.5 Å². The van der Waals surface area contributed by atoms with Crippen molar-refractivity contribution in [2.24, 2.45) is 0 Å². The van der Waals surface area contributed by atoms with Gasteiger partial charge in [-0.25, -0.2) is 0 Å². The summed E-state index contributed by atoms with van der Waals surface area (Å²) in [5.41, 5.74) is 7.37. The first-order chi connectivity index (χ1) is 19.0. The molecule has 0 aliphatic carbocycles. The molecule has 0 spiro atoms. The Balaban J connectivity index is 0.000000216. The number of ether oxygens (including phenoxy) is 2.